The molecule has 1 amide bonds. The van der Waals surface area contributed by atoms with Crippen molar-refractivity contribution in [1.82, 2.24) is 5.32 Å². The Labute approximate surface area is 109 Å². The third-order valence-electron chi connectivity index (χ3n) is 2.59. The van der Waals surface area contributed by atoms with E-state index >= 15 is 0 Å². The Morgan fingerprint density at radius 1 is 1.33 bits per heavy atom. The first-order valence-electron chi connectivity index (χ1n) is 6.27. The van der Waals surface area contributed by atoms with Crippen LogP contribution in [0.1, 0.15) is 26.3 Å². The fourth-order valence-electron chi connectivity index (χ4n) is 1.48. The molecule has 3 N–H and O–H groups in total. The van der Waals surface area contributed by atoms with Crippen molar-refractivity contribution in [2.45, 2.75) is 33.4 Å². The first-order chi connectivity index (χ1) is 8.54. The Morgan fingerprint density at radius 2 is 2.00 bits per heavy atom. The van der Waals surface area contributed by atoms with E-state index in [4.69, 9.17) is 10.5 Å². The summed E-state index contributed by atoms with van der Waals surface area (Å²) in [5, 5.41) is 2.86. The number of ether oxygens (including phenoxy) is 1. The average Bonchev–Trinajstić information content (AvgIpc) is 2.35. The summed E-state index contributed by atoms with van der Waals surface area (Å²) in [5.74, 6) is 0.619. The van der Waals surface area contributed by atoms with Crippen LogP contribution < -0.4 is 15.8 Å². The van der Waals surface area contributed by atoms with Crippen LogP contribution >= 0.6 is 0 Å². The molecule has 0 saturated heterocycles. The second-order valence-corrected chi connectivity index (χ2v) is 4.63. The lowest BCUT2D eigenvalue weighted by Gasteiger charge is -2.15. The molecule has 0 saturated carbocycles. The predicted molar refractivity (Wildman–Crippen MR) is 72.3 cm³/mol. The van der Waals surface area contributed by atoms with E-state index in [-0.39, 0.29) is 17.9 Å². The number of nitrogens with one attached hydrogen (secondary N) is 1. The zero-order valence-electron chi connectivity index (χ0n) is 11.3. The average molecular weight is 250 g/mol. The number of carbonyl (C=O) groups is 1. The van der Waals surface area contributed by atoms with Gasteiger partial charge in [-0.2, -0.15) is 0 Å². The van der Waals surface area contributed by atoms with E-state index in [2.05, 4.69) is 5.32 Å². The van der Waals surface area contributed by atoms with Crippen molar-refractivity contribution in [3.05, 3.63) is 29.8 Å². The van der Waals surface area contributed by atoms with Gasteiger partial charge in [-0.25, -0.2) is 0 Å². The van der Waals surface area contributed by atoms with Crippen molar-refractivity contribution in [2.75, 3.05) is 6.54 Å². The number of para-hydroxylation sites is 1. The van der Waals surface area contributed by atoms with Gasteiger partial charge in [-0.15, -0.1) is 0 Å². The maximum absolute atomic E-state index is 11.6. The Morgan fingerprint density at radius 3 is 2.61 bits per heavy atom. The van der Waals surface area contributed by atoms with Crippen LogP contribution in [0.15, 0.2) is 24.3 Å². The molecule has 0 heterocycles. The van der Waals surface area contributed by atoms with Gasteiger partial charge in [-0.05, 0) is 19.9 Å². The van der Waals surface area contributed by atoms with Crippen molar-refractivity contribution < 1.29 is 9.53 Å². The lowest BCUT2D eigenvalue weighted by atomic mass is 10.1. The van der Waals surface area contributed by atoms with Crippen molar-refractivity contribution in [1.29, 1.82) is 0 Å². The molecular formula is C14H22N2O2. The highest BCUT2D eigenvalue weighted by molar-refractivity contribution is 5.78. The Bertz CT molecular complexity index is 391. The normalized spacial score (nSPS) is 12.3. The van der Waals surface area contributed by atoms with E-state index < -0.39 is 0 Å². The van der Waals surface area contributed by atoms with Gasteiger partial charge in [0.15, 0.2) is 0 Å². The highest BCUT2D eigenvalue weighted by Gasteiger charge is 2.11. The van der Waals surface area contributed by atoms with Gasteiger partial charge in [0, 0.05) is 24.6 Å². The predicted octanol–water partition coefficient (Wildman–Crippen LogP) is 1.68. The number of hydrogen-bond acceptors (Lipinski definition) is 3. The molecule has 0 fully saturated rings. The van der Waals surface area contributed by atoms with E-state index in [0.717, 1.165) is 11.3 Å². The molecule has 1 aromatic carbocycles. The summed E-state index contributed by atoms with van der Waals surface area (Å²) in [7, 11) is 0. The van der Waals surface area contributed by atoms with Crippen LogP contribution in [-0.4, -0.2) is 18.6 Å². The highest BCUT2D eigenvalue weighted by Crippen LogP contribution is 2.19. The summed E-state index contributed by atoms with van der Waals surface area (Å²) in [5.41, 5.74) is 6.43. The van der Waals surface area contributed by atoms with Gasteiger partial charge in [0.2, 0.25) is 5.91 Å². The van der Waals surface area contributed by atoms with E-state index in [0.29, 0.717) is 13.1 Å². The Hall–Kier alpha value is -1.55. The first-order valence-corrected chi connectivity index (χ1v) is 6.27. The molecule has 0 aliphatic rings. The minimum absolute atomic E-state index is 0.0307. The topological polar surface area (TPSA) is 64.3 Å². The summed E-state index contributed by atoms with van der Waals surface area (Å²) < 4.78 is 5.69. The first kappa shape index (κ1) is 14.5. The molecule has 100 valence electrons. The van der Waals surface area contributed by atoms with E-state index in [1.54, 1.807) is 0 Å². The van der Waals surface area contributed by atoms with Crippen molar-refractivity contribution in [3.8, 4) is 5.75 Å². The summed E-state index contributed by atoms with van der Waals surface area (Å²) in [6.07, 6.45) is 0.116. The Kier molecular flexibility index (Phi) is 5.65. The molecule has 0 radical (unpaired) electrons. The minimum Gasteiger partial charge on any atom is -0.491 e. The van der Waals surface area contributed by atoms with E-state index in [1.165, 1.54) is 0 Å². The molecule has 1 atom stereocenters. The third-order valence-corrected chi connectivity index (χ3v) is 2.59. The van der Waals surface area contributed by atoms with Crippen LogP contribution in [0, 0.1) is 5.92 Å². The Balaban J connectivity index is 2.64. The summed E-state index contributed by atoms with van der Waals surface area (Å²) in [4.78, 5) is 11.6. The number of amides is 1. The molecule has 0 spiro atoms. The van der Waals surface area contributed by atoms with Crippen LogP contribution in [-0.2, 0) is 11.3 Å². The van der Waals surface area contributed by atoms with Gasteiger partial charge >= 0.3 is 0 Å². The van der Waals surface area contributed by atoms with Gasteiger partial charge in [0.05, 0.1) is 6.10 Å². The lowest BCUT2D eigenvalue weighted by Crippen LogP contribution is -2.32. The maximum Gasteiger partial charge on any atom is 0.224 e. The molecular weight excluding hydrogens is 228 g/mol. The fraction of sp³-hybridized carbons (Fsp3) is 0.500. The highest BCUT2D eigenvalue weighted by atomic mass is 16.5. The van der Waals surface area contributed by atoms with Crippen molar-refractivity contribution in [3.63, 3.8) is 0 Å². The van der Waals surface area contributed by atoms with Crippen molar-refractivity contribution in [2.24, 2.45) is 11.7 Å². The molecule has 0 bridgehead atoms. The van der Waals surface area contributed by atoms with Gasteiger partial charge in [0.25, 0.3) is 0 Å². The zero-order valence-corrected chi connectivity index (χ0v) is 11.3. The van der Waals surface area contributed by atoms with Crippen LogP contribution in [0.2, 0.25) is 0 Å². The molecule has 4 heteroatoms. The molecule has 0 aliphatic heterocycles. The third kappa shape index (κ3) is 4.37. The molecule has 1 rings (SSSR count). The molecule has 1 unspecified atom stereocenters. The minimum atomic E-state index is -0.164. The van der Waals surface area contributed by atoms with Gasteiger partial charge < -0.3 is 15.8 Å². The smallest absolute Gasteiger partial charge is 0.224 e. The SMILES string of the molecule is CC(C)Oc1ccccc1CNC(=O)C(C)CN. The van der Waals surface area contributed by atoms with Gasteiger partial charge in [-0.1, -0.05) is 25.1 Å². The fourth-order valence-corrected chi connectivity index (χ4v) is 1.48. The second kappa shape index (κ2) is 7.01. The van der Waals surface area contributed by atoms with Crippen LogP contribution in [0.3, 0.4) is 0 Å². The standard InChI is InChI=1S/C14H22N2O2/c1-10(2)18-13-7-5-4-6-12(13)9-16-14(17)11(3)8-15/h4-7,10-11H,8-9,15H2,1-3H3,(H,16,17). The van der Waals surface area contributed by atoms with E-state index in [1.807, 2.05) is 45.0 Å². The summed E-state index contributed by atoms with van der Waals surface area (Å²) >= 11 is 0. The number of benzene rings is 1. The molecule has 0 aliphatic carbocycles. The number of nitrogens with two attached hydrogens (primary N) is 1. The van der Waals surface area contributed by atoms with Crippen molar-refractivity contribution >= 4 is 5.91 Å². The zero-order chi connectivity index (χ0) is 13.5. The number of carbonyl (C=O) groups excluding carboxylic acids is 1. The quantitative estimate of drug-likeness (QED) is 0.807. The van der Waals surface area contributed by atoms with Crippen LogP contribution in [0.5, 0.6) is 5.75 Å². The number of hydrogen-bond donors (Lipinski definition) is 2. The van der Waals surface area contributed by atoms with Gasteiger partial charge in [-0.3, -0.25) is 4.79 Å². The monoisotopic (exact) mass is 250 g/mol. The molecule has 1 aromatic rings. The molecule has 0 aromatic heterocycles. The summed E-state index contributed by atoms with van der Waals surface area (Å²) in [6.45, 7) is 6.59. The molecule has 18 heavy (non-hydrogen) atoms. The van der Waals surface area contributed by atoms with Crippen LogP contribution in [0.25, 0.3) is 0 Å². The van der Waals surface area contributed by atoms with E-state index in [9.17, 15) is 4.79 Å². The maximum atomic E-state index is 11.6. The molecule has 4 nitrogen and oxygen atoms in total. The second-order valence-electron chi connectivity index (χ2n) is 4.63. The summed E-state index contributed by atoms with van der Waals surface area (Å²) in [6, 6.07) is 7.71. The van der Waals surface area contributed by atoms with Crippen LogP contribution in [0.4, 0.5) is 0 Å². The lowest BCUT2D eigenvalue weighted by molar-refractivity contribution is -0.124. The van der Waals surface area contributed by atoms with Gasteiger partial charge in [0.1, 0.15) is 5.75 Å². The number of rotatable bonds is 6. The largest absolute Gasteiger partial charge is 0.491 e.